The molecular formula is C21H26N2O2S. The highest BCUT2D eigenvalue weighted by molar-refractivity contribution is 7.14. The van der Waals surface area contributed by atoms with Crippen molar-refractivity contribution in [2.45, 2.75) is 39.7 Å². The molecule has 1 aliphatic rings. The third-order valence-electron chi connectivity index (χ3n) is 5.02. The first kappa shape index (κ1) is 18.6. The summed E-state index contributed by atoms with van der Waals surface area (Å²) in [7, 11) is 0. The van der Waals surface area contributed by atoms with Crippen LogP contribution in [0.15, 0.2) is 36.4 Å². The third-order valence-corrected chi connectivity index (χ3v) is 6.38. The Morgan fingerprint density at radius 2 is 1.88 bits per heavy atom. The Hall–Kier alpha value is -2.14. The highest BCUT2D eigenvalue weighted by Gasteiger charge is 2.28. The number of rotatable bonds is 5. The number of piperidine rings is 1. The molecule has 1 fully saturated rings. The van der Waals surface area contributed by atoms with Gasteiger partial charge in [-0.1, -0.05) is 37.3 Å². The summed E-state index contributed by atoms with van der Waals surface area (Å²) in [6.45, 7) is 6.05. The fourth-order valence-electron chi connectivity index (χ4n) is 3.41. The first-order valence-electron chi connectivity index (χ1n) is 9.28. The molecule has 2 amide bonds. The normalized spacial score (nSPS) is 15.1. The molecule has 1 N–H and O–H groups in total. The monoisotopic (exact) mass is 370 g/mol. The van der Waals surface area contributed by atoms with E-state index < -0.39 is 0 Å². The largest absolute Gasteiger partial charge is 0.352 e. The average Bonchev–Trinajstić information content (AvgIpc) is 3.07. The van der Waals surface area contributed by atoms with Crippen LogP contribution in [-0.2, 0) is 17.8 Å². The van der Waals surface area contributed by atoms with Crippen molar-refractivity contribution in [3.05, 3.63) is 57.3 Å². The van der Waals surface area contributed by atoms with Crippen LogP contribution in [0.4, 0.5) is 0 Å². The van der Waals surface area contributed by atoms with Crippen molar-refractivity contribution in [2.24, 2.45) is 5.92 Å². The Labute approximate surface area is 159 Å². The molecule has 2 aromatic rings. The lowest BCUT2D eigenvalue weighted by atomic mass is 9.95. The van der Waals surface area contributed by atoms with Crippen LogP contribution in [-0.4, -0.2) is 29.8 Å². The van der Waals surface area contributed by atoms with E-state index in [1.807, 2.05) is 41.3 Å². The van der Waals surface area contributed by atoms with Gasteiger partial charge in [0.1, 0.15) is 0 Å². The number of carbonyl (C=O) groups is 2. The van der Waals surface area contributed by atoms with E-state index >= 15 is 0 Å². The van der Waals surface area contributed by atoms with E-state index in [4.69, 9.17) is 0 Å². The van der Waals surface area contributed by atoms with Gasteiger partial charge in [0.2, 0.25) is 5.91 Å². The van der Waals surface area contributed by atoms with Gasteiger partial charge in [0, 0.05) is 30.4 Å². The average molecular weight is 371 g/mol. The zero-order valence-corrected chi connectivity index (χ0v) is 16.3. The third kappa shape index (κ3) is 4.33. The first-order valence-corrected chi connectivity index (χ1v) is 10.1. The van der Waals surface area contributed by atoms with Crippen molar-refractivity contribution < 1.29 is 9.59 Å². The van der Waals surface area contributed by atoms with Crippen LogP contribution in [0.1, 0.15) is 45.4 Å². The fraction of sp³-hybridized carbons (Fsp3) is 0.429. The zero-order chi connectivity index (χ0) is 18.5. The van der Waals surface area contributed by atoms with Crippen molar-refractivity contribution in [2.75, 3.05) is 13.1 Å². The van der Waals surface area contributed by atoms with E-state index in [-0.39, 0.29) is 17.7 Å². The molecule has 0 atom stereocenters. The SMILES string of the molecule is CCc1sc(C(=O)N2CCC(C(=O)NCc3ccccc3)CC2)cc1C. The second kappa shape index (κ2) is 8.49. The molecule has 3 rings (SSSR count). The van der Waals surface area contributed by atoms with Crippen LogP contribution in [0.2, 0.25) is 0 Å². The number of benzene rings is 1. The molecule has 4 nitrogen and oxygen atoms in total. The van der Waals surface area contributed by atoms with Crippen LogP contribution in [0.5, 0.6) is 0 Å². The molecule has 0 bridgehead atoms. The standard InChI is InChI=1S/C21H26N2O2S/c1-3-18-15(2)13-19(26-18)21(25)23-11-9-17(10-12-23)20(24)22-14-16-7-5-4-6-8-16/h4-8,13,17H,3,9-12,14H2,1-2H3,(H,22,24). The molecule has 138 valence electrons. The molecule has 0 aliphatic carbocycles. The second-order valence-corrected chi connectivity index (χ2v) is 7.98. The van der Waals surface area contributed by atoms with E-state index in [0.29, 0.717) is 19.6 Å². The summed E-state index contributed by atoms with van der Waals surface area (Å²) in [6.07, 6.45) is 2.43. The molecule has 26 heavy (non-hydrogen) atoms. The maximum absolute atomic E-state index is 12.7. The van der Waals surface area contributed by atoms with Gasteiger partial charge in [0.25, 0.3) is 5.91 Å². The number of nitrogens with zero attached hydrogens (tertiary/aromatic N) is 1. The fourth-order valence-corrected chi connectivity index (χ4v) is 4.49. The Morgan fingerprint density at radius 1 is 1.19 bits per heavy atom. The van der Waals surface area contributed by atoms with Crippen molar-refractivity contribution in [3.8, 4) is 0 Å². The number of hydrogen-bond acceptors (Lipinski definition) is 3. The van der Waals surface area contributed by atoms with Gasteiger partial charge in [-0.25, -0.2) is 0 Å². The maximum Gasteiger partial charge on any atom is 0.263 e. The lowest BCUT2D eigenvalue weighted by molar-refractivity contribution is -0.126. The minimum atomic E-state index is -0.000892. The Bertz CT molecular complexity index is 762. The van der Waals surface area contributed by atoms with E-state index in [1.54, 1.807) is 11.3 Å². The van der Waals surface area contributed by atoms with Gasteiger partial charge in [0.05, 0.1) is 4.88 Å². The van der Waals surface area contributed by atoms with E-state index in [9.17, 15) is 9.59 Å². The Kier molecular flexibility index (Phi) is 6.09. The summed E-state index contributed by atoms with van der Waals surface area (Å²) in [5.41, 5.74) is 2.31. The zero-order valence-electron chi connectivity index (χ0n) is 15.5. The Morgan fingerprint density at radius 3 is 2.50 bits per heavy atom. The number of likely N-dealkylation sites (tertiary alicyclic amines) is 1. The topological polar surface area (TPSA) is 49.4 Å². The predicted molar refractivity (Wildman–Crippen MR) is 105 cm³/mol. The molecule has 5 heteroatoms. The number of carbonyl (C=O) groups excluding carboxylic acids is 2. The summed E-state index contributed by atoms with van der Waals surface area (Å²) < 4.78 is 0. The summed E-state index contributed by atoms with van der Waals surface area (Å²) >= 11 is 1.60. The second-order valence-electron chi connectivity index (χ2n) is 6.84. The number of thiophene rings is 1. The molecule has 1 aliphatic heterocycles. The van der Waals surface area contributed by atoms with Gasteiger partial charge < -0.3 is 10.2 Å². The summed E-state index contributed by atoms with van der Waals surface area (Å²) in [5, 5.41) is 3.02. The molecular weight excluding hydrogens is 344 g/mol. The number of aryl methyl sites for hydroxylation is 2. The molecule has 1 saturated heterocycles. The number of hydrogen-bond donors (Lipinski definition) is 1. The van der Waals surface area contributed by atoms with Crippen LogP contribution in [0.25, 0.3) is 0 Å². The van der Waals surface area contributed by atoms with Crippen molar-refractivity contribution >= 4 is 23.2 Å². The molecule has 1 aromatic carbocycles. The minimum absolute atomic E-state index is 0.000892. The molecule has 2 heterocycles. The maximum atomic E-state index is 12.7. The van der Waals surface area contributed by atoms with E-state index in [0.717, 1.165) is 29.7 Å². The lowest BCUT2D eigenvalue weighted by Gasteiger charge is -2.31. The molecule has 0 unspecified atom stereocenters. The van der Waals surface area contributed by atoms with Gasteiger partial charge in [0.15, 0.2) is 0 Å². The molecule has 0 saturated carbocycles. The van der Waals surface area contributed by atoms with Gasteiger partial charge in [-0.2, -0.15) is 0 Å². The lowest BCUT2D eigenvalue weighted by Crippen LogP contribution is -2.42. The van der Waals surface area contributed by atoms with Gasteiger partial charge in [-0.3, -0.25) is 9.59 Å². The van der Waals surface area contributed by atoms with Crippen molar-refractivity contribution in [1.29, 1.82) is 0 Å². The van der Waals surface area contributed by atoms with Crippen LogP contribution in [0, 0.1) is 12.8 Å². The minimum Gasteiger partial charge on any atom is -0.352 e. The number of amides is 2. The van der Waals surface area contributed by atoms with E-state index in [2.05, 4.69) is 19.2 Å². The quantitative estimate of drug-likeness (QED) is 0.871. The highest BCUT2D eigenvalue weighted by atomic mass is 32.1. The predicted octanol–water partition coefficient (Wildman–Crippen LogP) is 3.79. The van der Waals surface area contributed by atoms with Crippen molar-refractivity contribution in [3.63, 3.8) is 0 Å². The van der Waals surface area contributed by atoms with Gasteiger partial charge in [-0.15, -0.1) is 11.3 Å². The van der Waals surface area contributed by atoms with Gasteiger partial charge in [-0.05, 0) is 43.4 Å². The smallest absolute Gasteiger partial charge is 0.263 e. The van der Waals surface area contributed by atoms with Crippen LogP contribution < -0.4 is 5.32 Å². The molecule has 0 spiro atoms. The molecule has 0 radical (unpaired) electrons. The Balaban J connectivity index is 1.50. The van der Waals surface area contributed by atoms with Crippen LogP contribution in [0.3, 0.4) is 0 Å². The van der Waals surface area contributed by atoms with E-state index in [1.165, 1.54) is 10.4 Å². The number of nitrogens with one attached hydrogen (secondary N) is 1. The van der Waals surface area contributed by atoms with Crippen molar-refractivity contribution in [1.82, 2.24) is 10.2 Å². The molecule has 1 aromatic heterocycles. The summed E-state index contributed by atoms with van der Waals surface area (Å²) in [6, 6.07) is 11.9. The summed E-state index contributed by atoms with van der Waals surface area (Å²) in [4.78, 5) is 29.1. The summed E-state index contributed by atoms with van der Waals surface area (Å²) in [5.74, 6) is 0.209. The van der Waals surface area contributed by atoms with Gasteiger partial charge >= 0.3 is 0 Å². The highest BCUT2D eigenvalue weighted by Crippen LogP contribution is 2.26. The van der Waals surface area contributed by atoms with Crippen LogP contribution >= 0.6 is 11.3 Å². The first-order chi connectivity index (χ1) is 12.6.